The Morgan fingerprint density at radius 1 is 1.17 bits per heavy atom. The van der Waals surface area contributed by atoms with Gasteiger partial charge in [-0.25, -0.2) is 0 Å². The fourth-order valence-corrected chi connectivity index (χ4v) is 2.32. The number of aromatic nitrogens is 1. The Labute approximate surface area is 146 Å². The molecule has 2 amide bonds. The smallest absolute Gasteiger partial charge is 0.239 e. The first-order chi connectivity index (χ1) is 11.5. The van der Waals surface area contributed by atoms with Gasteiger partial charge in [-0.15, -0.1) is 0 Å². The summed E-state index contributed by atoms with van der Waals surface area (Å²) in [6.07, 6.45) is 2.38. The molecule has 1 aromatic heterocycles. The minimum absolute atomic E-state index is 0.0204. The van der Waals surface area contributed by atoms with E-state index in [0.717, 1.165) is 11.3 Å². The van der Waals surface area contributed by atoms with Crippen LogP contribution in [0.25, 0.3) is 0 Å². The molecule has 6 heteroatoms. The third kappa shape index (κ3) is 6.01. The number of nitrogens with one attached hydrogen (secondary N) is 1. The maximum atomic E-state index is 12.0. The number of carbonyl (C=O) groups excluding carboxylic acids is 2. The normalized spacial score (nSPS) is 10.2. The molecular weight excluding hydrogens is 326 g/mol. The standard InChI is InChI=1S/C18H20ClN3O2/c1-14(23)22(12-17-4-2-3-10-20-17)13-18(24)21-11-9-15-5-7-16(19)8-6-15/h2-8,10H,9,11-13H2,1H3,(H,21,24). The highest BCUT2D eigenvalue weighted by atomic mass is 35.5. The fraction of sp³-hybridized carbons (Fsp3) is 0.278. The van der Waals surface area contributed by atoms with E-state index >= 15 is 0 Å². The molecule has 1 N–H and O–H groups in total. The van der Waals surface area contributed by atoms with Gasteiger partial charge in [0.25, 0.3) is 0 Å². The zero-order valence-electron chi connectivity index (χ0n) is 13.5. The number of pyridine rings is 1. The van der Waals surface area contributed by atoms with Gasteiger partial charge in [-0.2, -0.15) is 0 Å². The van der Waals surface area contributed by atoms with Gasteiger partial charge in [0.2, 0.25) is 11.8 Å². The Morgan fingerprint density at radius 3 is 2.54 bits per heavy atom. The van der Waals surface area contributed by atoms with Crippen LogP contribution < -0.4 is 5.32 Å². The van der Waals surface area contributed by atoms with Crippen LogP contribution in [0.15, 0.2) is 48.7 Å². The second-order valence-corrected chi connectivity index (χ2v) is 5.86. The summed E-state index contributed by atoms with van der Waals surface area (Å²) >= 11 is 5.84. The lowest BCUT2D eigenvalue weighted by Crippen LogP contribution is -2.40. The monoisotopic (exact) mass is 345 g/mol. The number of hydrogen-bond donors (Lipinski definition) is 1. The van der Waals surface area contributed by atoms with E-state index in [2.05, 4.69) is 10.3 Å². The first-order valence-corrected chi connectivity index (χ1v) is 8.09. The molecule has 0 spiro atoms. The predicted octanol–water partition coefficient (Wildman–Crippen LogP) is 2.44. The van der Waals surface area contributed by atoms with Crippen LogP contribution in [0.1, 0.15) is 18.2 Å². The van der Waals surface area contributed by atoms with E-state index in [1.165, 1.54) is 11.8 Å². The molecule has 2 aromatic rings. The van der Waals surface area contributed by atoms with Crippen molar-refractivity contribution in [3.8, 4) is 0 Å². The molecule has 5 nitrogen and oxygen atoms in total. The van der Waals surface area contributed by atoms with Gasteiger partial charge in [-0.3, -0.25) is 14.6 Å². The van der Waals surface area contributed by atoms with Gasteiger partial charge in [0.15, 0.2) is 0 Å². The van der Waals surface area contributed by atoms with Crippen molar-refractivity contribution in [2.24, 2.45) is 0 Å². The summed E-state index contributed by atoms with van der Waals surface area (Å²) in [5.41, 5.74) is 1.85. The summed E-state index contributed by atoms with van der Waals surface area (Å²) in [6, 6.07) is 13.0. The van der Waals surface area contributed by atoms with Gasteiger partial charge in [0, 0.05) is 24.7 Å². The molecule has 0 aliphatic heterocycles. The molecular formula is C18H20ClN3O2. The number of benzene rings is 1. The van der Waals surface area contributed by atoms with Crippen molar-refractivity contribution in [3.63, 3.8) is 0 Å². The first-order valence-electron chi connectivity index (χ1n) is 7.71. The third-order valence-corrected chi connectivity index (χ3v) is 3.76. The number of carbonyl (C=O) groups is 2. The molecule has 2 rings (SSSR count). The van der Waals surface area contributed by atoms with Gasteiger partial charge in [0.1, 0.15) is 0 Å². The van der Waals surface area contributed by atoms with E-state index in [1.54, 1.807) is 6.20 Å². The lowest BCUT2D eigenvalue weighted by atomic mass is 10.1. The molecule has 0 saturated carbocycles. The van der Waals surface area contributed by atoms with E-state index in [1.807, 2.05) is 42.5 Å². The van der Waals surface area contributed by atoms with Crippen molar-refractivity contribution in [2.45, 2.75) is 19.9 Å². The lowest BCUT2D eigenvalue weighted by molar-refractivity contribution is -0.134. The fourth-order valence-electron chi connectivity index (χ4n) is 2.19. The number of nitrogens with zero attached hydrogens (tertiary/aromatic N) is 2. The van der Waals surface area contributed by atoms with Crippen LogP contribution in [0, 0.1) is 0 Å². The number of rotatable bonds is 7. The second kappa shape index (κ2) is 9.03. The van der Waals surface area contributed by atoms with Gasteiger partial charge in [-0.05, 0) is 36.2 Å². The van der Waals surface area contributed by atoms with Crippen LogP contribution in [0.4, 0.5) is 0 Å². The van der Waals surface area contributed by atoms with Gasteiger partial charge in [-0.1, -0.05) is 29.8 Å². The summed E-state index contributed by atoms with van der Waals surface area (Å²) < 4.78 is 0. The van der Waals surface area contributed by atoms with Gasteiger partial charge >= 0.3 is 0 Å². The van der Waals surface area contributed by atoms with Crippen LogP contribution >= 0.6 is 11.6 Å². The minimum atomic E-state index is -0.185. The molecule has 0 saturated heterocycles. The maximum absolute atomic E-state index is 12.0. The van der Waals surface area contributed by atoms with Crippen LogP contribution in [0.3, 0.4) is 0 Å². The van der Waals surface area contributed by atoms with E-state index in [-0.39, 0.29) is 18.4 Å². The van der Waals surface area contributed by atoms with Crippen molar-refractivity contribution in [1.82, 2.24) is 15.2 Å². The maximum Gasteiger partial charge on any atom is 0.239 e. The molecule has 0 aliphatic rings. The van der Waals surface area contributed by atoms with Crippen molar-refractivity contribution in [1.29, 1.82) is 0 Å². The highest BCUT2D eigenvalue weighted by molar-refractivity contribution is 6.30. The van der Waals surface area contributed by atoms with E-state index < -0.39 is 0 Å². The largest absolute Gasteiger partial charge is 0.354 e. The molecule has 0 fully saturated rings. The molecule has 24 heavy (non-hydrogen) atoms. The second-order valence-electron chi connectivity index (χ2n) is 5.42. The minimum Gasteiger partial charge on any atom is -0.354 e. The number of hydrogen-bond acceptors (Lipinski definition) is 3. The van der Waals surface area contributed by atoms with Crippen molar-refractivity contribution in [3.05, 3.63) is 64.9 Å². The van der Waals surface area contributed by atoms with Gasteiger partial charge in [0.05, 0.1) is 18.8 Å². The quantitative estimate of drug-likeness (QED) is 0.838. The van der Waals surface area contributed by atoms with Crippen molar-refractivity contribution in [2.75, 3.05) is 13.1 Å². The third-order valence-electron chi connectivity index (χ3n) is 3.51. The molecule has 0 radical (unpaired) electrons. The average Bonchev–Trinajstić information content (AvgIpc) is 2.57. The molecule has 0 aliphatic carbocycles. The SMILES string of the molecule is CC(=O)N(CC(=O)NCCc1ccc(Cl)cc1)Cc1ccccn1. The molecule has 0 bridgehead atoms. The zero-order chi connectivity index (χ0) is 17.4. The Balaban J connectivity index is 1.80. The molecule has 0 atom stereocenters. The summed E-state index contributed by atoms with van der Waals surface area (Å²) in [5, 5.41) is 3.52. The topological polar surface area (TPSA) is 62.3 Å². The van der Waals surface area contributed by atoms with E-state index in [4.69, 9.17) is 11.6 Å². The Bertz CT molecular complexity index is 674. The van der Waals surface area contributed by atoms with E-state index in [0.29, 0.717) is 24.5 Å². The average molecular weight is 346 g/mol. The number of halogens is 1. The van der Waals surface area contributed by atoms with Gasteiger partial charge < -0.3 is 10.2 Å². The van der Waals surface area contributed by atoms with Crippen LogP contribution in [0.5, 0.6) is 0 Å². The molecule has 1 aromatic carbocycles. The number of amides is 2. The summed E-state index contributed by atoms with van der Waals surface area (Å²) in [7, 11) is 0. The highest BCUT2D eigenvalue weighted by Crippen LogP contribution is 2.09. The van der Waals surface area contributed by atoms with Crippen LogP contribution in [-0.2, 0) is 22.6 Å². The summed E-state index contributed by atoms with van der Waals surface area (Å²) in [5.74, 6) is -0.344. The molecule has 0 unspecified atom stereocenters. The molecule has 126 valence electrons. The Hall–Kier alpha value is -2.40. The molecule has 1 heterocycles. The van der Waals surface area contributed by atoms with Crippen molar-refractivity contribution < 1.29 is 9.59 Å². The Kier molecular flexibility index (Phi) is 6.75. The summed E-state index contributed by atoms with van der Waals surface area (Å²) in [6.45, 7) is 2.30. The Morgan fingerprint density at radius 2 is 1.92 bits per heavy atom. The zero-order valence-corrected chi connectivity index (χ0v) is 14.3. The predicted molar refractivity (Wildman–Crippen MR) is 93.5 cm³/mol. The van der Waals surface area contributed by atoms with Crippen molar-refractivity contribution >= 4 is 23.4 Å². The van der Waals surface area contributed by atoms with E-state index in [9.17, 15) is 9.59 Å². The van der Waals surface area contributed by atoms with Crippen LogP contribution in [0.2, 0.25) is 5.02 Å². The summed E-state index contributed by atoms with van der Waals surface area (Å²) in [4.78, 5) is 29.4. The first kappa shape index (κ1) is 17.9. The highest BCUT2D eigenvalue weighted by Gasteiger charge is 2.14. The lowest BCUT2D eigenvalue weighted by Gasteiger charge is -2.20. The van der Waals surface area contributed by atoms with Crippen LogP contribution in [-0.4, -0.2) is 34.8 Å².